The molecule has 0 saturated heterocycles. The summed E-state index contributed by atoms with van der Waals surface area (Å²) in [6.07, 6.45) is 0.750. The number of methoxy groups -OCH3 is 2. The molecule has 0 fully saturated rings. The Morgan fingerprint density at radius 2 is 1.86 bits per heavy atom. The highest BCUT2D eigenvalue weighted by molar-refractivity contribution is 6.02. The number of hydrogen-bond donors (Lipinski definition) is 1. The summed E-state index contributed by atoms with van der Waals surface area (Å²) in [7, 11) is 2.98. The lowest BCUT2D eigenvalue weighted by molar-refractivity contribution is -0.117. The van der Waals surface area contributed by atoms with Gasteiger partial charge in [-0.05, 0) is 31.4 Å². The van der Waals surface area contributed by atoms with Crippen molar-refractivity contribution < 1.29 is 23.6 Å². The van der Waals surface area contributed by atoms with Gasteiger partial charge in [-0.25, -0.2) is 0 Å². The average Bonchev–Trinajstić information content (AvgIpc) is 3.08. The van der Waals surface area contributed by atoms with Crippen LogP contribution in [0.25, 0.3) is 0 Å². The lowest BCUT2D eigenvalue weighted by Gasteiger charge is -2.24. The van der Waals surface area contributed by atoms with Crippen molar-refractivity contribution in [1.82, 2.24) is 10.1 Å². The first-order valence-electron chi connectivity index (χ1n) is 9.09. The summed E-state index contributed by atoms with van der Waals surface area (Å²) < 4.78 is 15.6. The van der Waals surface area contributed by atoms with Crippen molar-refractivity contribution in [3.63, 3.8) is 0 Å². The summed E-state index contributed by atoms with van der Waals surface area (Å²) in [5.41, 5.74) is 0.293. The Bertz CT molecular complexity index is 794. The number of aromatic nitrogens is 1. The zero-order valence-electron chi connectivity index (χ0n) is 16.9. The van der Waals surface area contributed by atoms with Gasteiger partial charge in [-0.15, -0.1) is 0 Å². The Morgan fingerprint density at radius 3 is 2.36 bits per heavy atom. The first-order chi connectivity index (χ1) is 13.3. The van der Waals surface area contributed by atoms with E-state index in [1.54, 1.807) is 31.2 Å². The smallest absolute Gasteiger partial charge is 0.261 e. The fraction of sp³-hybridized carbons (Fsp3) is 0.450. The highest BCUT2D eigenvalue weighted by Gasteiger charge is 2.26. The number of aryl methyl sites for hydroxylation is 1. The molecule has 0 aliphatic heterocycles. The Balaban J connectivity index is 2.24. The van der Waals surface area contributed by atoms with Crippen LogP contribution in [-0.2, 0) is 4.79 Å². The molecular formula is C20H27N3O5. The summed E-state index contributed by atoms with van der Waals surface area (Å²) in [5, 5.41) is 6.39. The van der Waals surface area contributed by atoms with Crippen molar-refractivity contribution in [3.8, 4) is 11.5 Å². The SMILES string of the molecule is COc1cccc(OC)c1C(=O)N(CCC(C)C)CC(=O)Nc1cc(C)on1. The highest BCUT2D eigenvalue weighted by atomic mass is 16.5. The number of carbonyl (C=O) groups is 2. The number of rotatable bonds is 9. The molecular weight excluding hydrogens is 362 g/mol. The topological polar surface area (TPSA) is 93.9 Å². The summed E-state index contributed by atoms with van der Waals surface area (Å²) in [5.74, 6) is 1.37. The zero-order chi connectivity index (χ0) is 20.7. The summed E-state index contributed by atoms with van der Waals surface area (Å²) in [6, 6.07) is 6.73. The molecule has 2 amide bonds. The van der Waals surface area contributed by atoms with Gasteiger partial charge in [-0.2, -0.15) is 0 Å². The van der Waals surface area contributed by atoms with E-state index >= 15 is 0 Å². The monoisotopic (exact) mass is 389 g/mol. The van der Waals surface area contributed by atoms with Crippen molar-refractivity contribution in [2.24, 2.45) is 5.92 Å². The number of benzene rings is 1. The van der Waals surface area contributed by atoms with Gasteiger partial charge in [0.05, 0.1) is 14.2 Å². The molecule has 8 nitrogen and oxygen atoms in total. The van der Waals surface area contributed by atoms with E-state index in [-0.39, 0.29) is 18.4 Å². The maximum absolute atomic E-state index is 13.3. The van der Waals surface area contributed by atoms with Gasteiger partial charge in [0, 0.05) is 12.6 Å². The van der Waals surface area contributed by atoms with Crippen LogP contribution in [-0.4, -0.2) is 49.2 Å². The molecule has 0 spiro atoms. The number of carbonyl (C=O) groups excluding carboxylic acids is 2. The summed E-state index contributed by atoms with van der Waals surface area (Å²) in [6.45, 7) is 6.14. The molecule has 2 rings (SSSR count). The Hall–Kier alpha value is -3.03. The third-order valence-electron chi connectivity index (χ3n) is 4.14. The van der Waals surface area contributed by atoms with Gasteiger partial charge in [0.1, 0.15) is 29.4 Å². The van der Waals surface area contributed by atoms with E-state index in [1.165, 1.54) is 19.1 Å². The number of nitrogens with one attached hydrogen (secondary N) is 1. The maximum atomic E-state index is 13.3. The second-order valence-corrected chi connectivity index (χ2v) is 6.82. The quantitative estimate of drug-likeness (QED) is 0.708. The first-order valence-corrected chi connectivity index (χ1v) is 9.09. The molecule has 0 bridgehead atoms. The second kappa shape index (κ2) is 9.77. The minimum absolute atomic E-state index is 0.126. The largest absolute Gasteiger partial charge is 0.496 e. The molecule has 1 aromatic carbocycles. The number of hydrogen-bond acceptors (Lipinski definition) is 6. The van der Waals surface area contributed by atoms with Crippen LogP contribution in [0.2, 0.25) is 0 Å². The van der Waals surface area contributed by atoms with Crippen LogP contribution in [0.3, 0.4) is 0 Å². The molecule has 1 aromatic heterocycles. The van der Waals surface area contributed by atoms with Gasteiger partial charge in [0.25, 0.3) is 5.91 Å². The minimum atomic E-state index is -0.362. The van der Waals surface area contributed by atoms with E-state index in [4.69, 9.17) is 14.0 Å². The third-order valence-corrected chi connectivity index (χ3v) is 4.14. The van der Waals surface area contributed by atoms with Crippen molar-refractivity contribution in [1.29, 1.82) is 0 Å². The van der Waals surface area contributed by atoms with Crippen LogP contribution in [0.5, 0.6) is 11.5 Å². The molecule has 0 aliphatic carbocycles. The minimum Gasteiger partial charge on any atom is -0.496 e. The van der Waals surface area contributed by atoms with Crippen molar-refractivity contribution >= 4 is 17.6 Å². The Kier molecular flexibility index (Phi) is 7.43. The second-order valence-electron chi connectivity index (χ2n) is 6.82. The van der Waals surface area contributed by atoms with Gasteiger partial charge < -0.3 is 24.2 Å². The Labute approximate surface area is 164 Å². The standard InChI is InChI=1S/C20H27N3O5/c1-13(2)9-10-23(12-18(24)21-17-11-14(3)28-22-17)20(25)19-15(26-4)7-6-8-16(19)27-5/h6-8,11,13H,9-10,12H2,1-5H3,(H,21,22,24). The predicted octanol–water partition coefficient (Wildman–Crippen LogP) is 3.13. The van der Waals surface area contributed by atoms with E-state index in [2.05, 4.69) is 24.3 Å². The van der Waals surface area contributed by atoms with Crippen molar-refractivity contribution in [2.75, 3.05) is 32.6 Å². The fourth-order valence-corrected chi connectivity index (χ4v) is 2.67. The molecule has 0 radical (unpaired) electrons. The highest BCUT2D eigenvalue weighted by Crippen LogP contribution is 2.29. The maximum Gasteiger partial charge on any atom is 0.261 e. The third kappa shape index (κ3) is 5.48. The molecule has 0 atom stereocenters. The normalized spacial score (nSPS) is 10.6. The lowest BCUT2D eigenvalue weighted by atomic mass is 10.1. The van der Waals surface area contributed by atoms with Gasteiger partial charge in [-0.3, -0.25) is 9.59 Å². The summed E-state index contributed by atoms with van der Waals surface area (Å²) >= 11 is 0. The van der Waals surface area contributed by atoms with Crippen LogP contribution >= 0.6 is 0 Å². The number of amides is 2. The zero-order valence-corrected chi connectivity index (χ0v) is 16.9. The predicted molar refractivity (Wildman–Crippen MR) is 105 cm³/mol. The van der Waals surface area contributed by atoms with Crippen molar-refractivity contribution in [2.45, 2.75) is 27.2 Å². The van der Waals surface area contributed by atoms with Crippen LogP contribution in [0.4, 0.5) is 5.82 Å². The van der Waals surface area contributed by atoms with E-state index in [0.29, 0.717) is 41.1 Å². The van der Waals surface area contributed by atoms with Crippen LogP contribution in [0.15, 0.2) is 28.8 Å². The molecule has 1 N–H and O–H groups in total. The number of ether oxygens (including phenoxy) is 2. The van der Waals surface area contributed by atoms with Crippen molar-refractivity contribution in [3.05, 3.63) is 35.6 Å². The Morgan fingerprint density at radius 1 is 1.21 bits per heavy atom. The number of anilines is 1. The molecule has 152 valence electrons. The molecule has 0 saturated carbocycles. The molecule has 0 unspecified atom stereocenters. The van der Waals surface area contributed by atoms with Crippen LogP contribution in [0.1, 0.15) is 36.4 Å². The first kappa shape index (κ1) is 21.3. The van der Waals surface area contributed by atoms with Gasteiger partial charge >= 0.3 is 0 Å². The fourth-order valence-electron chi connectivity index (χ4n) is 2.67. The number of nitrogens with zero attached hydrogens (tertiary/aromatic N) is 2. The van der Waals surface area contributed by atoms with Crippen LogP contribution < -0.4 is 14.8 Å². The average molecular weight is 389 g/mol. The molecule has 2 aromatic rings. The molecule has 0 aliphatic rings. The van der Waals surface area contributed by atoms with Crippen LogP contribution in [0, 0.1) is 12.8 Å². The van der Waals surface area contributed by atoms with E-state index in [1.807, 2.05) is 0 Å². The van der Waals surface area contributed by atoms with Gasteiger partial charge in [0.2, 0.25) is 5.91 Å². The van der Waals surface area contributed by atoms with E-state index in [9.17, 15) is 9.59 Å². The van der Waals surface area contributed by atoms with E-state index in [0.717, 1.165) is 6.42 Å². The van der Waals surface area contributed by atoms with E-state index < -0.39 is 0 Å². The summed E-state index contributed by atoms with van der Waals surface area (Å²) in [4.78, 5) is 27.2. The lowest BCUT2D eigenvalue weighted by Crippen LogP contribution is -2.39. The molecule has 28 heavy (non-hydrogen) atoms. The van der Waals surface area contributed by atoms with Gasteiger partial charge in [0.15, 0.2) is 5.82 Å². The molecule has 8 heteroatoms. The molecule has 1 heterocycles. The van der Waals surface area contributed by atoms with Gasteiger partial charge in [-0.1, -0.05) is 25.1 Å².